The lowest BCUT2D eigenvalue weighted by Crippen LogP contribution is -2.29. The average molecular weight is 218 g/mol. The van der Waals surface area contributed by atoms with Gasteiger partial charge in [-0.15, -0.1) is 0 Å². The summed E-state index contributed by atoms with van der Waals surface area (Å²) >= 11 is 0. The molecule has 1 N–H and O–H groups in total. The van der Waals surface area contributed by atoms with Crippen LogP contribution in [0.5, 0.6) is 11.5 Å². The average Bonchev–Trinajstić information content (AvgIpc) is 2.17. The minimum atomic E-state index is -3.29. The highest BCUT2D eigenvalue weighted by Crippen LogP contribution is 2.20. The molecular formula is C10H12F2O3. The fourth-order valence-corrected chi connectivity index (χ4v) is 0.963. The number of ether oxygens (including phenoxy) is 2. The molecule has 0 aliphatic rings. The fourth-order valence-electron chi connectivity index (χ4n) is 0.963. The highest BCUT2D eigenvalue weighted by Gasteiger charge is 2.30. The van der Waals surface area contributed by atoms with Crippen molar-refractivity contribution in [2.75, 3.05) is 13.2 Å². The van der Waals surface area contributed by atoms with Crippen LogP contribution in [0.3, 0.4) is 0 Å². The molecule has 5 heteroatoms. The lowest BCUT2D eigenvalue weighted by molar-refractivity contribution is -0.250. The van der Waals surface area contributed by atoms with Crippen LogP contribution in [-0.2, 0) is 4.74 Å². The lowest BCUT2D eigenvalue weighted by atomic mass is 10.3. The fraction of sp³-hybridized carbons (Fsp3) is 0.400. The van der Waals surface area contributed by atoms with E-state index in [1.807, 2.05) is 0 Å². The monoisotopic (exact) mass is 218 g/mol. The molecule has 0 atom stereocenters. The molecule has 3 nitrogen and oxygen atoms in total. The van der Waals surface area contributed by atoms with Crippen LogP contribution >= 0.6 is 0 Å². The number of hydrogen-bond donors (Lipinski definition) is 1. The maximum absolute atomic E-state index is 12.8. The van der Waals surface area contributed by atoms with E-state index in [2.05, 4.69) is 4.74 Å². The number of aromatic hydroxyl groups is 1. The van der Waals surface area contributed by atoms with Gasteiger partial charge in [0.2, 0.25) is 0 Å². The van der Waals surface area contributed by atoms with Crippen molar-refractivity contribution < 1.29 is 23.4 Å². The van der Waals surface area contributed by atoms with Gasteiger partial charge in [-0.1, -0.05) is 0 Å². The van der Waals surface area contributed by atoms with Crippen LogP contribution in [-0.4, -0.2) is 24.4 Å². The van der Waals surface area contributed by atoms with E-state index < -0.39 is 12.7 Å². The molecule has 0 amide bonds. The highest BCUT2D eigenvalue weighted by molar-refractivity contribution is 5.30. The first-order valence-electron chi connectivity index (χ1n) is 4.47. The number of halogens is 2. The topological polar surface area (TPSA) is 38.7 Å². The van der Waals surface area contributed by atoms with Crippen LogP contribution in [0.15, 0.2) is 24.3 Å². The Morgan fingerprint density at radius 1 is 1.27 bits per heavy atom. The molecule has 0 aromatic heterocycles. The molecule has 15 heavy (non-hydrogen) atoms. The summed E-state index contributed by atoms with van der Waals surface area (Å²) in [5.74, 6) is 0.311. The molecule has 0 bridgehead atoms. The van der Waals surface area contributed by atoms with Crippen molar-refractivity contribution in [3.8, 4) is 11.5 Å². The second-order valence-electron chi connectivity index (χ2n) is 2.85. The van der Waals surface area contributed by atoms with Gasteiger partial charge in [-0.25, -0.2) is 0 Å². The minimum Gasteiger partial charge on any atom is -0.508 e. The van der Waals surface area contributed by atoms with E-state index in [0.717, 1.165) is 0 Å². The summed E-state index contributed by atoms with van der Waals surface area (Å²) in [6.45, 7) is 0.562. The quantitative estimate of drug-likeness (QED) is 0.824. The maximum atomic E-state index is 12.8. The first kappa shape index (κ1) is 11.7. The van der Waals surface area contributed by atoms with Crippen LogP contribution in [0.25, 0.3) is 0 Å². The van der Waals surface area contributed by atoms with Gasteiger partial charge in [0.05, 0.1) is 6.61 Å². The van der Waals surface area contributed by atoms with Crippen LogP contribution in [0, 0.1) is 0 Å². The predicted octanol–water partition coefficient (Wildman–Crippen LogP) is 2.40. The van der Waals surface area contributed by atoms with Gasteiger partial charge in [-0.05, 0) is 31.2 Å². The largest absolute Gasteiger partial charge is 0.508 e. The van der Waals surface area contributed by atoms with Crippen LogP contribution < -0.4 is 4.74 Å². The zero-order valence-electron chi connectivity index (χ0n) is 8.24. The molecule has 0 aliphatic heterocycles. The van der Waals surface area contributed by atoms with Gasteiger partial charge < -0.3 is 14.6 Å². The molecule has 0 fully saturated rings. The van der Waals surface area contributed by atoms with Gasteiger partial charge >= 0.3 is 6.11 Å². The Morgan fingerprint density at radius 3 is 2.40 bits per heavy atom. The molecule has 1 rings (SSSR count). The van der Waals surface area contributed by atoms with E-state index in [4.69, 9.17) is 9.84 Å². The smallest absolute Gasteiger partial charge is 0.389 e. The van der Waals surface area contributed by atoms with E-state index in [1.165, 1.54) is 31.2 Å². The molecule has 0 spiro atoms. The molecule has 0 unspecified atom stereocenters. The summed E-state index contributed by atoms with van der Waals surface area (Å²) in [5, 5.41) is 8.94. The van der Waals surface area contributed by atoms with Crippen molar-refractivity contribution in [2.24, 2.45) is 0 Å². The third-order valence-corrected chi connectivity index (χ3v) is 1.60. The predicted molar refractivity (Wildman–Crippen MR) is 50.2 cm³/mol. The normalized spacial score (nSPS) is 11.4. The molecule has 0 saturated heterocycles. The summed E-state index contributed by atoms with van der Waals surface area (Å²) in [5.41, 5.74) is 0. The Hall–Kier alpha value is -1.36. The molecule has 0 aliphatic carbocycles. The van der Waals surface area contributed by atoms with E-state index in [9.17, 15) is 8.78 Å². The van der Waals surface area contributed by atoms with Crippen LogP contribution in [0.4, 0.5) is 8.78 Å². The Labute approximate surface area is 86.2 Å². The van der Waals surface area contributed by atoms with E-state index in [0.29, 0.717) is 0 Å². The molecule has 0 saturated carbocycles. The summed E-state index contributed by atoms with van der Waals surface area (Å²) < 4.78 is 34.5. The molecule has 84 valence electrons. The van der Waals surface area contributed by atoms with Crippen molar-refractivity contribution in [1.29, 1.82) is 0 Å². The summed E-state index contributed by atoms with van der Waals surface area (Å²) in [6.07, 6.45) is -3.29. The SMILES string of the molecule is CCOC(F)(F)COc1ccc(O)cc1. The van der Waals surface area contributed by atoms with Crippen molar-refractivity contribution in [3.05, 3.63) is 24.3 Å². The lowest BCUT2D eigenvalue weighted by Gasteiger charge is -2.16. The molecular weight excluding hydrogens is 206 g/mol. The minimum absolute atomic E-state index is 0.0546. The van der Waals surface area contributed by atoms with Crippen molar-refractivity contribution in [3.63, 3.8) is 0 Å². The van der Waals surface area contributed by atoms with Crippen molar-refractivity contribution >= 4 is 0 Å². The zero-order chi connectivity index (χ0) is 11.3. The highest BCUT2D eigenvalue weighted by atomic mass is 19.3. The van der Waals surface area contributed by atoms with Gasteiger partial charge in [0.25, 0.3) is 0 Å². The van der Waals surface area contributed by atoms with Crippen molar-refractivity contribution in [1.82, 2.24) is 0 Å². The Morgan fingerprint density at radius 2 is 1.87 bits per heavy atom. The van der Waals surface area contributed by atoms with Gasteiger partial charge in [-0.3, -0.25) is 0 Å². The molecule has 0 radical (unpaired) electrons. The second-order valence-corrected chi connectivity index (χ2v) is 2.85. The van der Waals surface area contributed by atoms with Crippen molar-refractivity contribution in [2.45, 2.75) is 13.0 Å². The van der Waals surface area contributed by atoms with E-state index >= 15 is 0 Å². The van der Waals surface area contributed by atoms with E-state index in [1.54, 1.807) is 0 Å². The number of phenols is 1. The number of benzene rings is 1. The maximum Gasteiger partial charge on any atom is 0.389 e. The van der Waals surface area contributed by atoms with Gasteiger partial charge in [-0.2, -0.15) is 8.78 Å². The molecule has 0 heterocycles. The summed E-state index contributed by atoms with van der Waals surface area (Å²) in [7, 11) is 0. The standard InChI is InChI=1S/C10H12F2O3/c1-2-15-10(11,12)7-14-9-5-3-8(13)4-6-9/h3-6,13H,2,7H2,1H3. The molecule has 1 aromatic carbocycles. The first-order chi connectivity index (χ1) is 7.03. The zero-order valence-corrected chi connectivity index (χ0v) is 8.24. The Kier molecular flexibility index (Phi) is 3.85. The molecule has 1 aromatic rings. The summed E-state index contributed by atoms with van der Waals surface area (Å²) in [6, 6.07) is 5.51. The van der Waals surface area contributed by atoms with Gasteiger partial charge in [0, 0.05) is 0 Å². The summed E-state index contributed by atoms with van der Waals surface area (Å²) in [4.78, 5) is 0. The van der Waals surface area contributed by atoms with Crippen LogP contribution in [0.1, 0.15) is 6.92 Å². The number of phenolic OH excluding ortho intramolecular Hbond substituents is 1. The Balaban J connectivity index is 2.46. The van der Waals surface area contributed by atoms with Gasteiger partial charge in [0.15, 0.2) is 6.61 Å². The third-order valence-electron chi connectivity index (χ3n) is 1.60. The first-order valence-corrected chi connectivity index (χ1v) is 4.47. The number of hydrogen-bond acceptors (Lipinski definition) is 3. The Bertz CT molecular complexity index is 298. The number of alkyl halides is 2. The number of rotatable bonds is 5. The van der Waals surface area contributed by atoms with Gasteiger partial charge in [0.1, 0.15) is 11.5 Å². The van der Waals surface area contributed by atoms with E-state index in [-0.39, 0.29) is 18.1 Å². The van der Waals surface area contributed by atoms with Crippen LogP contribution in [0.2, 0.25) is 0 Å². The third kappa shape index (κ3) is 4.12. The second kappa shape index (κ2) is 4.93.